The Morgan fingerprint density at radius 3 is 2.41 bits per heavy atom. The molecular formula is C31H27NO5. The first-order valence-electron chi connectivity index (χ1n) is 12.0. The largest absolute Gasteiger partial charge is 0.507 e. The second kappa shape index (κ2) is 9.82. The van der Waals surface area contributed by atoms with Crippen LogP contribution in [0.1, 0.15) is 39.6 Å². The molecule has 6 nitrogen and oxygen atoms in total. The first kappa shape index (κ1) is 24.1. The maximum atomic E-state index is 13.3. The van der Waals surface area contributed by atoms with Crippen LogP contribution in [0.25, 0.3) is 5.76 Å². The zero-order valence-corrected chi connectivity index (χ0v) is 20.9. The number of benzene rings is 3. The van der Waals surface area contributed by atoms with E-state index in [1.54, 1.807) is 30.3 Å². The van der Waals surface area contributed by atoms with E-state index in [2.05, 4.69) is 0 Å². The Labute approximate surface area is 215 Å². The predicted octanol–water partition coefficient (Wildman–Crippen LogP) is 6.41. The minimum absolute atomic E-state index is 0.0155. The van der Waals surface area contributed by atoms with E-state index in [4.69, 9.17) is 9.15 Å². The summed E-state index contributed by atoms with van der Waals surface area (Å²) in [7, 11) is 0. The van der Waals surface area contributed by atoms with Crippen LogP contribution in [0.3, 0.4) is 0 Å². The van der Waals surface area contributed by atoms with Crippen molar-refractivity contribution in [1.82, 2.24) is 0 Å². The topological polar surface area (TPSA) is 80.0 Å². The summed E-state index contributed by atoms with van der Waals surface area (Å²) < 4.78 is 11.6. The Balaban J connectivity index is 1.55. The molecule has 3 aromatic carbocycles. The zero-order valence-electron chi connectivity index (χ0n) is 20.9. The van der Waals surface area contributed by atoms with Crippen LogP contribution in [0.2, 0.25) is 0 Å². The summed E-state index contributed by atoms with van der Waals surface area (Å²) in [6.45, 7) is 6.08. The van der Waals surface area contributed by atoms with Crippen LogP contribution < -0.4 is 9.64 Å². The van der Waals surface area contributed by atoms with Gasteiger partial charge in [-0.05, 0) is 79.4 Å². The smallest absolute Gasteiger partial charge is 0.300 e. The fraction of sp³-hybridized carbons (Fsp3) is 0.161. The van der Waals surface area contributed by atoms with Crippen molar-refractivity contribution in [2.75, 3.05) is 4.90 Å². The van der Waals surface area contributed by atoms with E-state index in [-0.39, 0.29) is 11.3 Å². The summed E-state index contributed by atoms with van der Waals surface area (Å²) >= 11 is 0. The van der Waals surface area contributed by atoms with Crippen LogP contribution in [0.15, 0.2) is 95.1 Å². The molecule has 1 aliphatic heterocycles. The van der Waals surface area contributed by atoms with Crippen LogP contribution in [0.5, 0.6) is 5.75 Å². The monoisotopic (exact) mass is 493 g/mol. The lowest BCUT2D eigenvalue weighted by Gasteiger charge is -2.25. The van der Waals surface area contributed by atoms with E-state index in [1.165, 1.54) is 11.2 Å². The number of amides is 1. The molecule has 37 heavy (non-hydrogen) atoms. The van der Waals surface area contributed by atoms with E-state index in [1.807, 2.05) is 69.3 Å². The summed E-state index contributed by atoms with van der Waals surface area (Å²) in [5, 5.41) is 11.4. The van der Waals surface area contributed by atoms with E-state index >= 15 is 0 Å². The molecule has 1 fully saturated rings. The number of aryl methyl sites for hydroxylation is 3. The van der Waals surface area contributed by atoms with Crippen molar-refractivity contribution < 1.29 is 23.8 Å². The minimum Gasteiger partial charge on any atom is -0.507 e. The lowest BCUT2D eigenvalue weighted by atomic mass is 9.98. The van der Waals surface area contributed by atoms with Crippen LogP contribution in [-0.2, 0) is 16.2 Å². The number of rotatable bonds is 6. The van der Waals surface area contributed by atoms with Gasteiger partial charge in [0.05, 0.1) is 11.8 Å². The molecule has 1 aliphatic rings. The number of Topliss-reactive ketones (excluding diaryl/α,β-unsaturated/α-hetero) is 1. The second-order valence-electron chi connectivity index (χ2n) is 9.23. The number of ether oxygens (including phenoxy) is 1. The molecule has 1 amide bonds. The number of anilines is 1. The molecule has 1 saturated heterocycles. The van der Waals surface area contributed by atoms with Gasteiger partial charge in [0.1, 0.15) is 29.9 Å². The van der Waals surface area contributed by atoms with Gasteiger partial charge in [0, 0.05) is 11.3 Å². The average molecular weight is 494 g/mol. The summed E-state index contributed by atoms with van der Waals surface area (Å²) in [6, 6.07) is 23.2. The van der Waals surface area contributed by atoms with Crippen molar-refractivity contribution in [3.8, 4) is 5.75 Å². The number of hydrogen-bond donors (Lipinski definition) is 1. The second-order valence-corrected chi connectivity index (χ2v) is 9.23. The van der Waals surface area contributed by atoms with Gasteiger partial charge in [-0.1, -0.05) is 42.5 Å². The molecule has 186 valence electrons. The van der Waals surface area contributed by atoms with E-state index < -0.39 is 17.7 Å². The molecule has 0 saturated carbocycles. The molecule has 1 atom stereocenters. The van der Waals surface area contributed by atoms with E-state index in [0.29, 0.717) is 29.4 Å². The molecule has 0 aliphatic carbocycles. The molecule has 0 spiro atoms. The fourth-order valence-electron chi connectivity index (χ4n) is 4.63. The lowest BCUT2D eigenvalue weighted by Crippen LogP contribution is -2.30. The number of hydrogen-bond acceptors (Lipinski definition) is 5. The van der Waals surface area contributed by atoms with Gasteiger partial charge in [0.15, 0.2) is 0 Å². The van der Waals surface area contributed by atoms with Gasteiger partial charge in [-0.2, -0.15) is 0 Å². The number of aliphatic hydroxyl groups excluding tert-OH is 1. The molecule has 1 N–H and O–H groups in total. The predicted molar refractivity (Wildman–Crippen MR) is 141 cm³/mol. The highest BCUT2D eigenvalue weighted by molar-refractivity contribution is 6.51. The quantitative estimate of drug-likeness (QED) is 0.191. The highest BCUT2D eigenvalue weighted by Crippen LogP contribution is 2.43. The van der Waals surface area contributed by atoms with Crippen LogP contribution >= 0.6 is 0 Å². The summed E-state index contributed by atoms with van der Waals surface area (Å²) in [4.78, 5) is 28.1. The van der Waals surface area contributed by atoms with Gasteiger partial charge in [-0.3, -0.25) is 14.5 Å². The molecule has 6 heteroatoms. The minimum atomic E-state index is -0.898. The number of carbonyl (C=O) groups is 2. The van der Waals surface area contributed by atoms with Gasteiger partial charge in [0.2, 0.25) is 0 Å². The van der Waals surface area contributed by atoms with Crippen molar-refractivity contribution in [3.05, 3.63) is 124 Å². The number of aliphatic hydroxyl groups is 1. The summed E-state index contributed by atoms with van der Waals surface area (Å²) in [5.41, 5.74) is 4.61. The van der Waals surface area contributed by atoms with Crippen molar-refractivity contribution >= 4 is 23.1 Å². The van der Waals surface area contributed by atoms with Crippen molar-refractivity contribution in [3.63, 3.8) is 0 Å². The Kier molecular flexibility index (Phi) is 6.40. The Bertz CT molecular complexity index is 1500. The van der Waals surface area contributed by atoms with Crippen LogP contribution in [0, 0.1) is 20.8 Å². The Hall–Kier alpha value is -4.58. The van der Waals surface area contributed by atoms with E-state index in [9.17, 15) is 14.7 Å². The van der Waals surface area contributed by atoms with Gasteiger partial charge in [-0.15, -0.1) is 0 Å². The lowest BCUT2D eigenvalue weighted by molar-refractivity contribution is -0.132. The third kappa shape index (κ3) is 4.54. The van der Waals surface area contributed by atoms with Gasteiger partial charge < -0.3 is 14.3 Å². The summed E-state index contributed by atoms with van der Waals surface area (Å²) in [5.74, 6) is -0.677. The molecule has 0 bridgehead atoms. The molecule has 0 radical (unpaired) electrons. The number of ketones is 1. The number of furan rings is 1. The maximum absolute atomic E-state index is 13.3. The van der Waals surface area contributed by atoms with Gasteiger partial charge >= 0.3 is 0 Å². The van der Waals surface area contributed by atoms with Gasteiger partial charge in [-0.25, -0.2) is 0 Å². The molecular weight excluding hydrogens is 466 g/mol. The first-order valence-corrected chi connectivity index (χ1v) is 12.0. The first-order chi connectivity index (χ1) is 17.8. The van der Waals surface area contributed by atoms with Crippen molar-refractivity contribution in [1.29, 1.82) is 0 Å². The fourth-order valence-corrected chi connectivity index (χ4v) is 4.63. The summed E-state index contributed by atoms with van der Waals surface area (Å²) in [6.07, 6.45) is 1.49. The molecule has 1 aromatic heterocycles. The number of nitrogens with zero attached hydrogens (tertiary/aromatic N) is 1. The molecule has 5 rings (SSSR count). The normalized spacial score (nSPS) is 16.8. The molecule has 1 unspecified atom stereocenters. The third-order valence-corrected chi connectivity index (χ3v) is 6.57. The zero-order chi connectivity index (χ0) is 26.1. The SMILES string of the molecule is Cc1ccc(C)c(N2C(=O)C(=O)/C(=C(\O)c3ccc(OCc4ccccc4)c(C)c3)C2c2ccco2)c1. The number of carbonyl (C=O) groups excluding carboxylic acids is 2. The standard InChI is InChI=1S/C31H27NO5/c1-19-11-12-20(2)24(16-19)32-28(26-10-7-15-36-26)27(30(34)31(32)35)29(33)23-13-14-25(21(3)17-23)37-18-22-8-5-4-6-9-22/h4-17,28,33H,18H2,1-3H3/b29-27-. The van der Waals surface area contributed by atoms with Crippen molar-refractivity contribution in [2.45, 2.75) is 33.4 Å². The van der Waals surface area contributed by atoms with Crippen LogP contribution in [0.4, 0.5) is 5.69 Å². The third-order valence-electron chi connectivity index (χ3n) is 6.57. The maximum Gasteiger partial charge on any atom is 0.300 e. The van der Waals surface area contributed by atoms with Crippen molar-refractivity contribution in [2.24, 2.45) is 0 Å². The van der Waals surface area contributed by atoms with E-state index in [0.717, 1.165) is 22.3 Å². The average Bonchev–Trinajstić information content (AvgIpc) is 3.52. The van der Waals surface area contributed by atoms with Crippen LogP contribution in [-0.4, -0.2) is 16.8 Å². The Morgan fingerprint density at radius 1 is 0.919 bits per heavy atom. The molecule has 2 heterocycles. The van der Waals surface area contributed by atoms with Gasteiger partial charge in [0.25, 0.3) is 11.7 Å². The highest BCUT2D eigenvalue weighted by Gasteiger charge is 2.48. The molecule has 4 aromatic rings. The highest BCUT2D eigenvalue weighted by atomic mass is 16.5. The Morgan fingerprint density at radius 2 is 1.70 bits per heavy atom.